The Morgan fingerprint density at radius 2 is 1.63 bits per heavy atom. The smallest absolute Gasteiger partial charge is 0.256 e. The van der Waals surface area contributed by atoms with Crippen LogP contribution in [0.3, 0.4) is 0 Å². The molecule has 0 bridgehead atoms. The largest absolute Gasteiger partial charge is 0.508 e. The summed E-state index contributed by atoms with van der Waals surface area (Å²) in [5.74, 6) is 0.487. The summed E-state index contributed by atoms with van der Waals surface area (Å²) in [5, 5.41) is 26.7. The van der Waals surface area contributed by atoms with E-state index in [0.717, 1.165) is 10.6 Å². The van der Waals surface area contributed by atoms with Crippen LogP contribution in [0.5, 0.6) is 5.75 Å². The first-order valence-electron chi connectivity index (χ1n) is 9.65. The average Bonchev–Trinajstić information content (AvgIpc) is 2.74. The summed E-state index contributed by atoms with van der Waals surface area (Å²) >= 11 is 0. The minimum atomic E-state index is -0.322. The number of phenolic OH excluding ortho intramolecular Hbond substituents is 1. The fourth-order valence-corrected chi connectivity index (χ4v) is 2.65. The lowest BCUT2D eigenvalue weighted by atomic mass is 10.1. The van der Waals surface area contributed by atoms with E-state index in [0.29, 0.717) is 18.5 Å². The van der Waals surface area contributed by atoms with Crippen molar-refractivity contribution in [1.82, 2.24) is 15.0 Å². The van der Waals surface area contributed by atoms with Gasteiger partial charge in [0.1, 0.15) is 11.6 Å². The van der Waals surface area contributed by atoms with Crippen molar-refractivity contribution < 1.29 is 14.7 Å². The second kappa shape index (κ2) is 9.84. The minimum absolute atomic E-state index is 0.0863. The van der Waals surface area contributed by atoms with Crippen LogP contribution in [-0.2, 0) is 13.0 Å². The molecule has 0 radical (unpaired) electrons. The van der Waals surface area contributed by atoms with Crippen LogP contribution in [0.15, 0.2) is 48.5 Å². The lowest BCUT2D eigenvalue weighted by Crippen LogP contribution is -2.29. The lowest BCUT2D eigenvalue weighted by Gasteiger charge is -2.20. The Kier molecular flexibility index (Phi) is 6.97. The molecule has 0 unspecified atom stereocenters. The molecule has 2 aromatic carbocycles. The van der Waals surface area contributed by atoms with Crippen molar-refractivity contribution in [3.8, 4) is 5.75 Å². The molecule has 8 nitrogen and oxygen atoms in total. The van der Waals surface area contributed by atoms with E-state index < -0.39 is 0 Å². The lowest BCUT2D eigenvalue weighted by molar-refractivity contribution is 0.222. The summed E-state index contributed by atoms with van der Waals surface area (Å²) in [4.78, 5) is 12.8. The van der Waals surface area contributed by atoms with Gasteiger partial charge in [-0.25, -0.2) is 9.45 Å². The third-order valence-electron chi connectivity index (χ3n) is 4.35. The van der Waals surface area contributed by atoms with E-state index in [9.17, 15) is 14.7 Å². The third-order valence-corrected chi connectivity index (χ3v) is 4.35. The Morgan fingerprint density at radius 1 is 0.967 bits per heavy atom. The van der Waals surface area contributed by atoms with Crippen molar-refractivity contribution >= 4 is 17.8 Å². The highest BCUT2D eigenvalue weighted by molar-refractivity contribution is 5.43. The van der Waals surface area contributed by atoms with Gasteiger partial charge in [0, 0.05) is 18.7 Å². The molecule has 0 aliphatic rings. The van der Waals surface area contributed by atoms with Gasteiger partial charge in [-0.05, 0) is 44.0 Å². The summed E-state index contributed by atoms with van der Waals surface area (Å²) in [5.41, 5.74) is 1.52. The van der Waals surface area contributed by atoms with Gasteiger partial charge in [-0.2, -0.15) is 15.0 Å². The van der Waals surface area contributed by atoms with Gasteiger partial charge in [0.05, 0.1) is 6.04 Å². The first-order valence-corrected chi connectivity index (χ1v) is 9.65. The van der Waals surface area contributed by atoms with Crippen LogP contribution in [-0.4, -0.2) is 37.9 Å². The van der Waals surface area contributed by atoms with Crippen LogP contribution >= 0.6 is 0 Å². The average molecular weight is 412 g/mol. The van der Waals surface area contributed by atoms with Gasteiger partial charge in [-0.1, -0.05) is 30.3 Å². The number of benzene rings is 2. The summed E-state index contributed by atoms with van der Waals surface area (Å²) in [6.07, 6.45) is 0.687. The molecule has 0 aliphatic heterocycles. The monoisotopic (exact) mass is 412 g/mol. The number of hydroxylamine groups is 1. The Morgan fingerprint density at radius 3 is 2.30 bits per heavy atom. The molecule has 1 aromatic heterocycles. The first-order chi connectivity index (χ1) is 14.4. The molecular formula is C21H25FN6O2. The highest BCUT2D eigenvalue weighted by Crippen LogP contribution is 2.16. The maximum absolute atomic E-state index is 13.9. The van der Waals surface area contributed by atoms with Gasteiger partial charge in [0.25, 0.3) is 5.95 Å². The van der Waals surface area contributed by atoms with Crippen LogP contribution in [0, 0.1) is 5.82 Å². The van der Waals surface area contributed by atoms with Gasteiger partial charge in [-0.3, -0.25) is 5.21 Å². The number of anilines is 3. The number of nitrogens with zero attached hydrogens (tertiary/aromatic N) is 4. The number of hydrogen-bond donors (Lipinski definition) is 4. The molecule has 9 heteroatoms. The van der Waals surface area contributed by atoms with Crippen LogP contribution in [0.4, 0.5) is 22.2 Å². The zero-order valence-electron chi connectivity index (χ0n) is 16.9. The van der Waals surface area contributed by atoms with E-state index in [1.807, 2.05) is 12.1 Å². The van der Waals surface area contributed by atoms with Gasteiger partial charge < -0.3 is 15.7 Å². The van der Waals surface area contributed by atoms with Gasteiger partial charge in [0.2, 0.25) is 11.9 Å². The maximum Gasteiger partial charge on any atom is 0.256 e. The normalized spacial score (nSPS) is 10.8. The zero-order chi connectivity index (χ0) is 21.5. The van der Waals surface area contributed by atoms with E-state index in [1.54, 1.807) is 44.2 Å². The highest BCUT2D eigenvalue weighted by Gasteiger charge is 2.15. The van der Waals surface area contributed by atoms with Crippen LogP contribution in [0.25, 0.3) is 0 Å². The van der Waals surface area contributed by atoms with Crippen LogP contribution < -0.4 is 15.7 Å². The standard InChI is InChI=1S/C21H25FN6O2/c1-14(2)28(30)21-26-19(23-12-11-15-7-9-17(29)10-8-15)25-20(27-21)24-13-16-5-3-4-6-18(16)22/h3-10,14,29-30H,11-13H2,1-2H3,(H2,23,24,25,26,27). The Bertz CT molecular complexity index is 968. The van der Waals surface area contributed by atoms with Gasteiger partial charge in [-0.15, -0.1) is 0 Å². The first kappa shape index (κ1) is 21.3. The van der Waals surface area contributed by atoms with Crippen LogP contribution in [0.2, 0.25) is 0 Å². The van der Waals surface area contributed by atoms with Crippen molar-refractivity contribution in [2.75, 3.05) is 22.2 Å². The zero-order valence-corrected chi connectivity index (χ0v) is 16.9. The highest BCUT2D eigenvalue weighted by atomic mass is 19.1. The second-order valence-corrected chi connectivity index (χ2v) is 7.01. The van der Waals surface area contributed by atoms with E-state index in [1.165, 1.54) is 6.07 Å². The Balaban J connectivity index is 1.72. The molecule has 3 rings (SSSR count). The summed E-state index contributed by atoms with van der Waals surface area (Å²) in [6, 6.07) is 13.1. The number of phenols is 1. The SMILES string of the molecule is CC(C)N(O)c1nc(NCCc2ccc(O)cc2)nc(NCc2ccccc2F)n1. The van der Waals surface area contributed by atoms with E-state index in [2.05, 4.69) is 25.6 Å². The van der Waals surface area contributed by atoms with E-state index in [4.69, 9.17) is 0 Å². The molecule has 0 atom stereocenters. The van der Waals surface area contributed by atoms with E-state index >= 15 is 0 Å². The number of hydrogen-bond acceptors (Lipinski definition) is 8. The van der Waals surface area contributed by atoms with Crippen molar-refractivity contribution in [3.05, 3.63) is 65.5 Å². The Labute approximate surface area is 174 Å². The summed E-state index contributed by atoms with van der Waals surface area (Å²) in [6.45, 7) is 4.33. The molecule has 0 fully saturated rings. The second-order valence-electron chi connectivity index (χ2n) is 7.01. The fraction of sp³-hybridized carbons (Fsp3) is 0.286. The molecule has 3 aromatic rings. The van der Waals surface area contributed by atoms with Gasteiger partial charge in [0.15, 0.2) is 0 Å². The quantitative estimate of drug-likeness (QED) is 0.395. The predicted octanol–water partition coefficient (Wildman–Crippen LogP) is 3.59. The van der Waals surface area contributed by atoms with Crippen molar-refractivity contribution in [2.45, 2.75) is 32.9 Å². The number of nitrogens with one attached hydrogen (secondary N) is 2. The van der Waals surface area contributed by atoms with Gasteiger partial charge >= 0.3 is 0 Å². The predicted molar refractivity (Wildman–Crippen MR) is 113 cm³/mol. The molecule has 4 N–H and O–H groups in total. The van der Waals surface area contributed by atoms with Crippen molar-refractivity contribution in [1.29, 1.82) is 0 Å². The minimum Gasteiger partial charge on any atom is -0.508 e. The molecule has 0 spiro atoms. The number of aromatic hydroxyl groups is 1. The fourth-order valence-electron chi connectivity index (χ4n) is 2.65. The maximum atomic E-state index is 13.9. The van der Waals surface area contributed by atoms with Crippen molar-refractivity contribution in [3.63, 3.8) is 0 Å². The van der Waals surface area contributed by atoms with Crippen LogP contribution in [0.1, 0.15) is 25.0 Å². The molecule has 0 saturated carbocycles. The molecule has 158 valence electrons. The number of rotatable bonds is 9. The van der Waals surface area contributed by atoms with E-state index in [-0.39, 0.29) is 42.0 Å². The topological polar surface area (TPSA) is 106 Å². The number of aromatic nitrogens is 3. The Hall–Kier alpha value is -3.46. The summed E-state index contributed by atoms with van der Waals surface area (Å²) < 4.78 is 13.9. The number of halogens is 1. The molecule has 0 saturated heterocycles. The third kappa shape index (κ3) is 5.77. The molecule has 0 aliphatic carbocycles. The van der Waals surface area contributed by atoms with Crippen molar-refractivity contribution in [2.24, 2.45) is 0 Å². The molecule has 30 heavy (non-hydrogen) atoms. The molecule has 1 heterocycles. The molecule has 0 amide bonds. The summed E-state index contributed by atoms with van der Waals surface area (Å²) in [7, 11) is 0. The molecular weight excluding hydrogens is 387 g/mol.